The van der Waals surface area contributed by atoms with Gasteiger partial charge in [0.05, 0.1) is 5.69 Å². The molecule has 114 valence electrons. The van der Waals surface area contributed by atoms with E-state index in [-0.39, 0.29) is 5.54 Å². The lowest BCUT2D eigenvalue weighted by Crippen LogP contribution is -2.35. The number of hydrogen-bond donors (Lipinski definition) is 1. The van der Waals surface area contributed by atoms with Crippen molar-refractivity contribution in [2.45, 2.75) is 66.0 Å². The molecule has 0 aliphatic carbocycles. The second kappa shape index (κ2) is 6.02. The average Bonchev–Trinajstić information content (AvgIpc) is 2.71. The molecule has 0 atom stereocenters. The van der Waals surface area contributed by atoms with E-state index in [2.05, 4.69) is 50.2 Å². The summed E-state index contributed by atoms with van der Waals surface area (Å²) in [5.41, 5.74) is 1.81. The molecule has 1 aliphatic heterocycles. The van der Waals surface area contributed by atoms with Crippen LogP contribution in [0.4, 0.5) is 5.13 Å². The quantitative estimate of drug-likeness (QED) is 0.912. The monoisotopic (exact) mass is 295 g/mol. The topological polar surface area (TPSA) is 28.2 Å². The zero-order valence-corrected chi connectivity index (χ0v) is 14.4. The Morgan fingerprint density at radius 2 is 2.05 bits per heavy atom. The fraction of sp³-hybridized carbons (Fsp3) is 0.812. The minimum atomic E-state index is 0.149. The summed E-state index contributed by atoms with van der Waals surface area (Å²) in [6.07, 6.45) is 3.87. The predicted molar refractivity (Wildman–Crippen MR) is 88.6 cm³/mol. The van der Waals surface area contributed by atoms with Crippen LogP contribution in [0.15, 0.2) is 5.38 Å². The van der Waals surface area contributed by atoms with E-state index in [1.54, 1.807) is 11.3 Å². The van der Waals surface area contributed by atoms with Gasteiger partial charge in [-0.3, -0.25) is 0 Å². The minimum Gasteiger partial charge on any atom is -0.348 e. The van der Waals surface area contributed by atoms with Crippen LogP contribution in [0.3, 0.4) is 0 Å². The van der Waals surface area contributed by atoms with Gasteiger partial charge >= 0.3 is 0 Å². The van der Waals surface area contributed by atoms with Gasteiger partial charge in [0.1, 0.15) is 0 Å². The number of thiazole rings is 1. The molecule has 20 heavy (non-hydrogen) atoms. The molecule has 2 heterocycles. The molecule has 0 aromatic carbocycles. The highest BCUT2D eigenvalue weighted by atomic mass is 32.1. The van der Waals surface area contributed by atoms with Crippen molar-refractivity contribution in [3.63, 3.8) is 0 Å². The molecule has 1 saturated heterocycles. The number of anilines is 1. The predicted octanol–water partition coefficient (Wildman–Crippen LogP) is 4.05. The lowest BCUT2D eigenvalue weighted by atomic mass is 9.85. The lowest BCUT2D eigenvalue weighted by Gasteiger charge is -2.23. The van der Waals surface area contributed by atoms with Crippen LogP contribution in [0, 0.1) is 5.41 Å². The Morgan fingerprint density at radius 3 is 2.75 bits per heavy atom. The summed E-state index contributed by atoms with van der Waals surface area (Å²) in [5, 5.41) is 6.91. The van der Waals surface area contributed by atoms with E-state index < -0.39 is 0 Å². The first kappa shape index (κ1) is 15.8. The Hall–Kier alpha value is -0.610. The maximum Gasteiger partial charge on any atom is 0.185 e. The van der Waals surface area contributed by atoms with Crippen LogP contribution < -0.4 is 10.2 Å². The van der Waals surface area contributed by atoms with Crippen LogP contribution in [0.2, 0.25) is 0 Å². The Bertz CT molecular complexity index is 431. The number of aromatic nitrogens is 1. The fourth-order valence-electron chi connectivity index (χ4n) is 2.49. The van der Waals surface area contributed by atoms with Gasteiger partial charge in [-0.15, -0.1) is 11.3 Å². The van der Waals surface area contributed by atoms with Crippen molar-refractivity contribution < 1.29 is 0 Å². The van der Waals surface area contributed by atoms with Gasteiger partial charge in [-0.25, -0.2) is 4.98 Å². The van der Waals surface area contributed by atoms with Gasteiger partial charge in [0, 0.05) is 30.6 Å². The Balaban J connectivity index is 1.95. The van der Waals surface area contributed by atoms with Gasteiger partial charge in [-0.1, -0.05) is 13.8 Å². The zero-order chi connectivity index (χ0) is 14.8. The van der Waals surface area contributed by atoms with E-state index in [9.17, 15) is 0 Å². The first-order valence-electron chi connectivity index (χ1n) is 7.70. The molecule has 0 radical (unpaired) electrons. The van der Waals surface area contributed by atoms with Crippen LogP contribution in [0.1, 0.15) is 59.6 Å². The molecule has 0 unspecified atom stereocenters. The number of hydrogen-bond acceptors (Lipinski definition) is 4. The summed E-state index contributed by atoms with van der Waals surface area (Å²) in [6.45, 7) is 14.5. The van der Waals surface area contributed by atoms with Gasteiger partial charge in [-0.05, 0) is 45.4 Å². The van der Waals surface area contributed by atoms with Crippen molar-refractivity contribution in [2.24, 2.45) is 5.41 Å². The molecule has 0 spiro atoms. The molecule has 4 heteroatoms. The standard InChI is InChI=1S/C16H29N3S/c1-15(2,3)17-11-13-12-20-14(18-13)19-9-6-7-16(4,5)8-10-19/h12,17H,6-11H2,1-5H3. The molecule has 2 rings (SSSR count). The van der Waals surface area contributed by atoms with E-state index in [1.807, 2.05) is 0 Å². The van der Waals surface area contributed by atoms with Crippen molar-refractivity contribution in [3.8, 4) is 0 Å². The molecule has 0 bridgehead atoms. The molecule has 1 fully saturated rings. The summed E-state index contributed by atoms with van der Waals surface area (Å²) in [7, 11) is 0. The first-order valence-corrected chi connectivity index (χ1v) is 8.58. The smallest absolute Gasteiger partial charge is 0.185 e. The summed E-state index contributed by atoms with van der Waals surface area (Å²) in [6, 6.07) is 0. The summed E-state index contributed by atoms with van der Waals surface area (Å²) in [5.74, 6) is 0. The second-order valence-corrected chi connectivity index (χ2v) is 8.57. The van der Waals surface area contributed by atoms with Gasteiger partial charge in [-0.2, -0.15) is 0 Å². The van der Waals surface area contributed by atoms with E-state index in [0.717, 1.165) is 19.6 Å². The highest BCUT2D eigenvalue weighted by Gasteiger charge is 2.24. The SMILES string of the molecule is CC1(C)CCCN(c2nc(CNC(C)(C)C)cs2)CC1. The van der Waals surface area contributed by atoms with Crippen molar-refractivity contribution >= 4 is 16.5 Å². The van der Waals surface area contributed by atoms with Crippen LogP contribution in [0.25, 0.3) is 0 Å². The highest BCUT2D eigenvalue weighted by Crippen LogP contribution is 2.32. The summed E-state index contributed by atoms with van der Waals surface area (Å²) in [4.78, 5) is 7.28. The zero-order valence-electron chi connectivity index (χ0n) is 13.6. The normalized spacial score (nSPS) is 19.9. The molecule has 1 aromatic heterocycles. The second-order valence-electron chi connectivity index (χ2n) is 7.73. The van der Waals surface area contributed by atoms with Crippen LogP contribution in [-0.2, 0) is 6.54 Å². The van der Waals surface area contributed by atoms with Crippen molar-refractivity contribution in [1.82, 2.24) is 10.3 Å². The molecule has 3 nitrogen and oxygen atoms in total. The summed E-state index contributed by atoms with van der Waals surface area (Å²) >= 11 is 1.79. The third kappa shape index (κ3) is 4.74. The fourth-order valence-corrected chi connectivity index (χ4v) is 3.37. The Kier molecular flexibility index (Phi) is 4.75. The van der Waals surface area contributed by atoms with Gasteiger partial charge in [0.15, 0.2) is 5.13 Å². The van der Waals surface area contributed by atoms with E-state index in [4.69, 9.17) is 4.98 Å². The van der Waals surface area contributed by atoms with E-state index in [0.29, 0.717) is 5.41 Å². The van der Waals surface area contributed by atoms with Crippen molar-refractivity contribution in [3.05, 3.63) is 11.1 Å². The number of nitrogens with zero attached hydrogens (tertiary/aromatic N) is 2. The molecule has 0 amide bonds. The molecule has 0 saturated carbocycles. The first-order chi connectivity index (χ1) is 9.25. The van der Waals surface area contributed by atoms with E-state index >= 15 is 0 Å². The maximum atomic E-state index is 4.81. The van der Waals surface area contributed by atoms with Crippen LogP contribution in [-0.4, -0.2) is 23.6 Å². The van der Waals surface area contributed by atoms with Gasteiger partial charge in [0.2, 0.25) is 0 Å². The molecule has 1 aliphatic rings. The Labute approximate surface area is 127 Å². The highest BCUT2D eigenvalue weighted by molar-refractivity contribution is 7.13. The number of nitrogens with one attached hydrogen (secondary N) is 1. The third-order valence-electron chi connectivity index (χ3n) is 3.95. The summed E-state index contributed by atoms with van der Waals surface area (Å²) < 4.78 is 0. The van der Waals surface area contributed by atoms with Gasteiger partial charge < -0.3 is 10.2 Å². The largest absolute Gasteiger partial charge is 0.348 e. The van der Waals surface area contributed by atoms with Crippen LogP contribution in [0.5, 0.6) is 0 Å². The van der Waals surface area contributed by atoms with Gasteiger partial charge in [0.25, 0.3) is 0 Å². The number of rotatable bonds is 3. The van der Waals surface area contributed by atoms with Crippen molar-refractivity contribution in [2.75, 3.05) is 18.0 Å². The minimum absolute atomic E-state index is 0.149. The maximum absolute atomic E-state index is 4.81. The lowest BCUT2D eigenvalue weighted by molar-refractivity contribution is 0.325. The molecular weight excluding hydrogens is 266 g/mol. The molecule has 1 aromatic rings. The van der Waals surface area contributed by atoms with E-state index in [1.165, 1.54) is 30.1 Å². The third-order valence-corrected chi connectivity index (χ3v) is 4.90. The van der Waals surface area contributed by atoms with Crippen molar-refractivity contribution in [1.29, 1.82) is 0 Å². The molecule has 1 N–H and O–H groups in total. The average molecular weight is 295 g/mol. The Morgan fingerprint density at radius 1 is 1.30 bits per heavy atom. The van der Waals surface area contributed by atoms with Crippen LogP contribution >= 0.6 is 11.3 Å². The molecular formula is C16H29N3S.